The van der Waals surface area contributed by atoms with Crippen LogP contribution in [0.2, 0.25) is 0 Å². The van der Waals surface area contributed by atoms with E-state index in [0.717, 1.165) is 78.5 Å². The van der Waals surface area contributed by atoms with Gasteiger partial charge in [-0.1, -0.05) is 348 Å². The van der Waals surface area contributed by atoms with Gasteiger partial charge in [0.15, 0.2) is 0 Å². The first kappa shape index (κ1) is 57.6. The van der Waals surface area contributed by atoms with Crippen LogP contribution in [-0.4, -0.2) is 6.71 Å². The highest BCUT2D eigenvalue weighted by molar-refractivity contribution is 7.00. The van der Waals surface area contributed by atoms with Crippen LogP contribution < -0.4 is 26.2 Å². The second-order valence-corrected chi connectivity index (χ2v) is 27.0. The van der Waals surface area contributed by atoms with E-state index in [1.54, 1.807) is 0 Å². The van der Waals surface area contributed by atoms with E-state index in [0.29, 0.717) is 0 Å². The number of nitrogens with zero attached hydrogens (tertiary/aromatic N) is 2. The zero-order valence-electron chi connectivity index (χ0n) is 54.5. The van der Waals surface area contributed by atoms with E-state index in [9.17, 15) is 0 Å². The van der Waals surface area contributed by atoms with E-state index < -0.39 is 0 Å². The molecular weight excluding hydrogens is 1170 g/mol. The monoisotopic (exact) mass is 1230 g/mol. The molecule has 2 aliphatic rings. The second kappa shape index (κ2) is 23.5. The molecule has 0 saturated carbocycles. The van der Waals surface area contributed by atoms with Crippen LogP contribution in [0.4, 0.5) is 34.1 Å². The number of para-hydroxylation sites is 2. The van der Waals surface area contributed by atoms with E-state index in [-0.39, 0.29) is 12.1 Å². The normalized spacial score (nSPS) is 12.4. The van der Waals surface area contributed by atoms with E-state index in [1.807, 2.05) is 0 Å². The maximum Gasteiger partial charge on any atom is 0.252 e. The molecule has 0 atom stereocenters. The van der Waals surface area contributed by atoms with E-state index in [4.69, 9.17) is 0 Å². The molecule has 0 bridgehead atoms. The lowest BCUT2D eigenvalue weighted by Crippen LogP contribution is -2.61. The highest BCUT2D eigenvalue weighted by atomic mass is 15.2. The fraction of sp³-hybridized carbons (Fsp3) is 0.0426. The molecule has 456 valence electrons. The van der Waals surface area contributed by atoms with Crippen LogP contribution in [0.1, 0.15) is 26.3 Å². The first-order valence-electron chi connectivity index (χ1n) is 33.9. The third-order valence-corrected chi connectivity index (χ3v) is 20.4. The largest absolute Gasteiger partial charge is 0.310 e. The molecule has 0 aromatic heterocycles. The smallest absolute Gasteiger partial charge is 0.252 e. The third kappa shape index (κ3) is 9.63. The number of hydrogen-bond acceptors (Lipinski definition) is 2. The van der Waals surface area contributed by atoms with Gasteiger partial charge in [-0.05, 0) is 151 Å². The molecular formula is C94H67BN2. The zero-order valence-corrected chi connectivity index (χ0v) is 54.5. The standard InChI is InChI=1S/C94H67BN2/c1-94(2,3)70-60-87-91-88(61-70)97(93-74(66-38-18-8-19-39-66)50-29-51-75(93)67-40-20-9-21-41-67)86-59-69(89-78-44-24-26-46-80(78)90(81-47-27-25-45-79(81)89)82-55-54-71(63-32-12-5-13-33-63)76-42-22-23-43-77(76)82)52-56-83(86)95(91)84-58-68(62-30-10-4-11-31-62)53-57-85(84)96(87)92-72(64-34-14-6-15-35-64)48-28-49-73(92)65-36-16-7-17-37-65/h4-61H,1-3H3. The third-order valence-electron chi connectivity index (χ3n) is 20.4. The Labute approximate surface area is 568 Å². The zero-order chi connectivity index (χ0) is 64.7. The van der Waals surface area contributed by atoms with Gasteiger partial charge in [0.2, 0.25) is 0 Å². The molecule has 0 saturated heterocycles. The molecule has 2 heterocycles. The van der Waals surface area contributed by atoms with Gasteiger partial charge < -0.3 is 9.80 Å². The predicted molar refractivity (Wildman–Crippen MR) is 415 cm³/mol. The summed E-state index contributed by atoms with van der Waals surface area (Å²) in [7, 11) is 0. The highest BCUT2D eigenvalue weighted by Crippen LogP contribution is 2.55. The summed E-state index contributed by atoms with van der Waals surface area (Å²) < 4.78 is 0. The molecule has 2 nitrogen and oxygen atoms in total. The lowest BCUT2D eigenvalue weighted by Gasteiger charge is -2.46. The first-order chi connectivity index (χ1) is 47.8. The summed E-state index contributed by atoms with van der Waals surface area (Å²) >= 11 is 0. The summed E-state index contributed by atoms with van der Waals surface area (Å²) in [5.41, 5.74) is 30.5. The SMILES string of the molecule is CC(C)(C)c1cc2c3c(c1)N(c1c(-c4ccccc4)cccc1-c1ccccc1)c1cc(-c4c5ccccc5c(-c5ccc(-c6ccccc6)c6ccccc56)c5ccccc45)ccc1B3c1cc(-c3ccccc3)ccc1N2c1c(-c2ccccc2)cccc1-c1ccccc1. The van der Waals surface area contributed by atoms with Crippen molar-refractivity contribution in [3.05, 3.63) is 357 Å². The van der Waals surface area contributed by atoms with Crippen molar-refractivity contribution in [1.29, 1.82) is 0 Å². The van der Waals surface area contributed by atoms with Crippen LogP contribution in [0.3, 0.4) is 0 Å². The maximum absolute atomic E-state index is 2.71. The van der Waals surface area contributed by atoms with Crippen molar-refractivity contribution in [2.24, 2.45) is 0 Å². The summed E-state index contributed by atoms with van der Waals surface area (Å²) in [5, 5.41) is 7.32. The number of anilines is 6. The Morgan fingerprint density at radius 2 is 0.588 bits per heavy atom. The number of hydrogen-bond donors (Lipinski definition) is 0. The molecule has 16 aromatic carbocycles. The lowest BCUT2D eigenvalue weighted by atomic mass is 9.33. The van der Waals surface area contributed by atoms with Gasteiger partial charge in [0.05, 0.1) is 11.4 Å². The first-order valence-corrected chi connectivity index (χ1v) is 33.9. The Kier molecular flexibility index (Phi) is 13.9. The molecule has 2 aliphatic heterocycles. The molecule has 18 rings (SSSR count). The van der Waals surface area contributed by atoms with Gasteiger partial charge in [-0.2, -0.15) is 0 Å². The van der Waals surface area contributed by atoms with E-state index >= 15 is 0 Å². The summed E-state index contributed by atoms with van der Waals surface area (Å²) in [5.74, 6) is 0. The fourth-order valence-electron chi connectivity index (χ4n) is 16.0. The van der Waals surface area contributed by atoms with Gasteiger partial charge in [0, 0.05) is 45.0 Å². The summed E-state index contributed by atoms with van der Waals surface area (Å²) in [6.07, 6.45) is 0. The Morgan fingerprint density at radius 1 is 0.227 bits per heavy atom. The second-order valence-electron chi connectivity index (χ2n) is 27.0. The minimum absolute atomic E-state index is 0.203. The Hall–Kier alpha value is -12.0. The van der Waals surface area contributed by atoms with Crippen LogP contribution in [0.25, 0.3) is 121 Å². The van der Waals surface area contributed by atoms with Crippen LogP contribution in [0, 0.1) is 0 Å². The highest BCUT2D eigenvalue weighted by Gasteiger charge is 2.46. The van der Waals surface area contributed by atoms with E-state index in [2.05, 4.69) is 382 Å². The Bertz CT molecular complexity index is 5550. The van der Waals surface area contributed by atoms with Gasteiger partial charge in [-0.3, -0.25) is 0 Å². The number of fused-ring (bicyclic) bond motifs is 7. The Morgan fingerprint density at radius 3 is 1.03 bits per heavy atom. The van der Waals surface area contributed by atoms with Crippen molar-refractivity contribution >= 4 is 89.5 Å². The predicted octanol–water partition coefficient (Wildman–Crippen LogP) is 23.9. The Balaban J connectivity index is 0.976. The van der Waals surface area contributed by atoms with Gasteiger partial charge >= 0.3 is 0 Å². The van der Waals surface area contributed by atoms with Crippen LogP contribution >= 0.6 is 0 Å². The van der Waals surface area contributed by atoms with Gasteiger partial charge in [0.25, 0.3) is 6.71 Å². The summed E-state index contributed by atoms with van der Waals surface area (Å²) in [4.78, 5) is 5.37. The molecule has 16 aromatic rings. The van der Waals surface area contributed by atoms with Crippen molar-refractivity contribution in [3.8, 4) is 89.0 Å². The lowest BCUT2D eigenvalue weighted by molar-refractivity contribution is 0.590. The summed E-state index contributed by atoms with van der Waals surface area (Å²) in [6, 6.07) is 132. The van der Waals surface area contributed by atoms with Crippen LogP contribution in [-0.2, 0) is 5.41 Å². The van der Waals surface area contributed by atoms with Crippen molar-refractivity contribution < 1.29 is 0 Å². The van der Waals surface area contributed by atoms with Crippen molar-refractivity contribution in [2.75, 3.05) is 9.80 Å². The molecule has 0 unspecified atom stereocenters. The average Bonchev–Trinajstić information content (AvgIpc) is 0.694. The fourth-order valence-corrected chi connectivity index (χ4v) is 16.0. The topological polar surface area (TPSA) is 6.48 Å². The molecule has 97 heavy (non-hydrogen) atoms. The molecule has 0 radical (unpaired) electrons. The molecule has 0 fully saturated rings. The number of rotatable bonds is 10. The minimum atomic E-state index is -0.285. The van der Waals surface area contributed by atoms with Gasteiger partial charge in [-0.15, -0.1) is 0 Å². The van der Waals surface area contributed by atoms with Crippen molar-refractivity contribution in [2.45, 2.75) is 26.2 Å². The quantitative estimate of drug-likeness (QED) is 0.0995. The molecule has 3 heteroatoms. The minimum Gasteiger partial charge on any atom is -0.310 e. The molecule has 0 N–H and O–H groups in total. The van der Waals surface area contributed by atoms with Gasteiger partial charge in [-0.25, -0.2) is 0 Å². The van der Waals surface area contributed by atoms with E-state index in [1.165, 1.54) is 98.9 Å². The molecule has 0 amide bonds. The summed E-state index contributed by atoms with van der Waals surface area (Å²) in [6.45, 7) is 6.94. The molecule has 0 spiro atoms. The van der Waals surface area contributed by atoms with Gasteiger partial charge in [0.1, 0.15) is 0 Å². The van der Waals surface area contributed by atoms with Crippen molar-refractivity contribution in [3.63, 3.8) is 0 Å². The molecule has 0 aliphatic carbocycles. The van der Waals surface area contributed by atoms with Crippen molar-refractivity contribution in [1.82, 2.24) is 0 Å². The van der Waals surface area contributed by atoms with Crippen LogP contribution in [0.15, 0.2) is 352 Å². The maximum atomic E-state index is 2.71. The van der Waals surface area contributed by atoms with Crippen LogP contribution in [0.5, 0.6) is 0 Å². The average molecular weight is 1240 g/mol. The number of benzene rings is 16.